The van der Waals surface area contributed by atoms with E-state index in [-0.39, 0.29) is 11.7 Å². The quantitative estimate of drug-likeness (QED) is 0.333. The van der Waals surface area contributed by atoms with Gasteiger partial charge in [-0.3, -0.25) is 9.36 Å². The summed E-state index contributed by atoms with van der Waals surface area (Å²) in [5, 5.41) is 11.8. The lowest BCUT2D eigenvalue weighted by molar-refractivity contribution is -0.113. The highest BCUT2D eigenvalue weighted by Gasteiger charge is 2.14. The predicted molar refractivity (Wildman–Crippen MR) is 134 cm³/mol. The minimum atomic E-state index is -0.187. The van der Waals surface area contributed by atoms with Gasteiger partial charge in [0, 0.05) is 11.8 Å². The van der Waals surface area contributed by atoms with Crippen LogP contribution in [0.25, 0.3) is 5.69 Å². The molecule has 0 radical (unpaired) electrons. The first kappa shape index (κ1) is 24.1. The second-order valence-corrected chi connectivity index (χ2v) is 8.48. The fraction of sp³-hybridized carbons (Fsp3) is 0.200. The highest BCUT2D eigenvalue weighted by atomic mass is 32.2. The average molecular weight is 492 g/mol. The van der Waals surface area contributed by atoms with Crippen molar-refractivity contribution in [2.75, 3.05) is 25.3 Å². The molecule has 0 fully saturated rings. The molecule has 0 aliphatic rings. The van der Waals surface area contributed by atoms with Crippen LogP contribution in [0, 0.1) is 13.8 Å². The Morgan fingerprint density at radius 1 is 0.971 bits per heavy atom. The molecule has 10 heteroatoms. The molecule has 0 unspecified atom stereocenters. The Morgan fingerprint density at radius 2 is 1.77 bits per heavy atom. The fourth-order valence-electron chi connectivity index (χ4n) is 3.28. The lowest BCUT2D eigenvalue weighted by Gasteiger charge is -2.11. The molecule has 1 N–H and O–H groups in total. The normalized spacial score (nSPS) is 10.6. The monoisotopic (exact) mass is 491 g/mol. The van der Waals surface area contributed by atoms with Crippen LogP contribution in [0.5, 0.6) is 23.1 Å². The van der Waals surface area contributed by atoms with Crippen LogP contribution >= 0.6 is 11.8 Å². The molecular weight excluding hydrogens is 466 g/mol. The van der Waals surface area contributed by atoms with Gasteiger partial charge in [-0.05, 0) is 61.9 Å². The van der Waals surface area contributed by atoms with Crippen molar-refractivity contribution in [3.63, 3.8) is 0 Å². The van der Waals surface area contributed by atoms with Gasteiger partial charge in [-0.25, -0.2) is 4.98 Å². The number of carbonyl (C=O) groups excluding carboxylic acids is 1. The molecule has 0 aliphatic heterocycles. The summed E-state index contributed by atoms with van der Waals surface area (Å²) in [4.78, 5) is 16.8. The first-order valence-electron chi connectivity index (χ1n) is 10.7. The number of nitrogens with zero attached hydrogens (tertiary/aromatic N) is 4. The van der Waals surface area contributed by atoms with Crippen LogP contribution in [-0.4, -0.2) is 45.6 Å². The zero-order valence-corrected chi connectivity index (χ0v) is 20.6. The molecule has 2 heterocycles. The first-order valence-corrected chi connectivity index (χ1v) is 11.7. The second kappa shape index (κ2) is 10.9. The van der Waals surface area contributed by atoms with Crippen molar-refractivity contribution in [3.8, 4) is 28.8 Å². The minimum absolute atomic E-state index is 0.160. The van der Waals surface area contributed by atoms with Crippen molar-refractivity contribution in [3.05, 3.63) is 72.2 Å². The number of carbonyl (C=O) groups is 1. The largest absolute Gasteiger partial charge is 0.497 e. The van der Waals surface area contributed by atoms with Crippen LogP contribution in [-0.2, 0) is 4.79 Å². The summed E-state index contributed by atoms with van der Waals surface area (Å²) in [5.41, 5.74) is 2.52. The third-order valence-electron chi connectivity index (χ3n) is 5.01. The molecule has 4 aromatic rings. The number of hydrogen-bond acceptors (Lipinski definition) is 8. The van der Waals surface area contributed by atoms with Gasteiger partial charge >= 0.3 is 0 Å². The first-order chi connectivity index (χ1) is 17.0. The van der Waals surface area contributed by atoms with E-state index in [2.05, 4.69) is 20.5 Å². The number of amides is 1. The number of ether oxygens (including phenoxy) is 3. The van der Waals surface area contributed by atoms with Crippen molar-refractivity contribution in [2.45, 2.75) is 19.0 Å². The summed E-state index contributed by atoms with van der Waals surface area (Å²) in [6, 6.07) is 16.6. The fourth-order valence-corrected chi connectivity index (χ4v) is 4.08. The molecule has 4 rings (SSSR count). The molecule has 35 heavy (non-hydrogen) atoms. The highest BCUT2D eigenvalue weighted by molar-refractivity contribution is 7.99. The van der Waals surface area contributed by atoms with Crippen molar-refractivity contribution in [1.29, 1.82) is 0 Å². The summed E-state index contributed by atoms with van der Waals surface area (Å²) < 4.78 is 18.3. The summed E-state index contributed by atoms with van der Waals surface area (Å²) >= 11 is 1.30. The Bertz CT molecular complexity index is 1310. The maximum absolute atomic E-state index is 12.5. The number of benzene rings is 2. The molecular formula is C25H25N5O4S. The van der Waals surface area contributed by atoms with Crippen LogP contribution in [0.3, 0.4) is 0 Å². The van der Waals surface area contributed by atoms with Crippen molar-refractivity contribution in [2.24, 2.45) is 0 Å². The van der Waals surface area contributed by atoms with E-state index in [0.717, 1.165) is 22.8 Å². The van der Waals surface area contributed by atoms with Gasteiger partial charge in [0.1, 0.15) is 11.6 Å². The van der Waals surface area contributed by atoms with Gasteiger partial charge in [-0.1, -0.05) is 17.8 Å². The zero-order valence-electron chi connectivity index (χ0n) is 19.8. The number of thioether (sulfide) groups is 1. The third-order valence-corrected chi connectivity index (χ3v) is 5.94. The van der Waals surface area contributed by atoms with Gasteiger partial charge < -0.3 is 19.5 Å². The number of nitrogens with one attached hydrogen (secondary N) is 1. The molecule has 2 aromatic carbocycles. The van der Waals surface area contributed by atoms with E-state index in [9.17, 15) is 4.79 Å². The number of rotatable bonds is 9. The van der Waals surface area contributed by atoms with Gasteiger partial charge in [-0.2, -0.15) is 0 Å². The smallest absolute Gasteiger partial charge is 0.234 e. The Balaban J connectivity index is 1.36. The summed E-state index contributed by atoms with van der Waals surface area (Å²) in [5.74, 6) is 3.04. The molecule has 9 nitrogen and oxygen atoms in total. The molecule has 0 saturated carbocycles. The van der Waals surface area contributed by atoms with E-state index in [4.69, 9.17) is 14.2 Å². The molecule has 2 aromatic heterocycles. The van der Waals surface area contributed by atoms with Crippen LogP contribution in [0.2, 0.25) is 0 Å². The number of anilines is 1. The standard InChI is InChI=1S/C25H25N5O4S/c1-16-5-11-21(22(13-16)33-4)34-24-12-6-18(14-26-24)27-23(31)15-35-25-29-28-17(2)30(25)19-7-9-20(32-3)10-8-19/h5-14H,15H2,1-4H3,(H,27,31). The topological polar surface area (TPSA) is 100 Å². The Hall–Kier alpha value is -4.05. The molecule has 0 atom stereocenters. The van der Waals surface area contributed by atoms with E-state index in [0.29, 0.717) is 28.2 Å². The molecule has 180 valence electrons. The summed E-state index contributed by atoms with van der Waals surface area (Å²) in [7, 11) is 3.21. The van der Waals surface area contributed by atoms with E-state index in [1.807, 2.05) is 60.9 Å². The number of pyridine rings is 1. The maximum Gasteiger partial charge on any atom is 0.234 e. The molecule has 0 saturated heterocycles. The zero-order chi connectivity index (χ0) is 24.8. The molecule has 0 bridgehead atoms. The van der Waals surface area contributed by atoms with Crippen LogP contribution in [0.4, 0.5) is 5.69 Å². The van der Waals surface area contributed by atoms with Crippen molar-refractivity contribution < 1.29 is 19.0 Å². The third kappa shape index (κ3) is 5.90. The molecule has 1 amide bonds. The Labute approximate surface area is 207 Å². The van der Waals surface area contributed by atoms with E-state index >= 15 is 0 Å². The van der Waals surface area contributed by atoms with Gasteiger partial charge in [0.15, 0.2) is 16.7 Å². The van der Waals surface area contributed by atoms with Crippen LogP contribution in [0.15, 0.2) is 66.0 Å². The van der Waals surface area contributed by atoms with Crippen molar-refractivity contribution >= 4 is 23.4 Å². The van der Waals surface area contributed by atoms with E-state index in [1.54, 1.807) is 32.5 Å². The predicted octanol–water partition coefficient (Wildman–Crippen LogP) is 4.82. The van der Waals surface area contributed by atoms with Crippen molar-refractivity contribution in [1.82, 2.24) is 19.7 Å². The highest BCUT2D eigenvalue weighted by Crippen LogP contribution is 2.31. The summed E-state index contributed by atoms with van der Waals surface area (Å²) in [6.07, 6.45) is 1.54. The number of aryl methyl sites for hydroxylation is 2. The lowest BCUT2D eigenvalue weighted by atomic mass is 10.2. The Kier molecular flexibility index (Phi) is 7.51. The lowest BCUT2D eigenvalue weighted by Crippen LogP contribution is -2.14. The Morgan fingerprint density at radius 3 is 2.46 bits per heavy atom. The van der Waals surface area contributed by atoms with Crippen LogP contribution < -0.4 is 19.5 Å². The number of aromatic nitrogens is 4. The van der Waals surface area contributed by atoms with E-state index < -0.39 is 0 Å². The van der Waals surface area contributed by atoms with Gasteiger partial charge in [0.2, 0.25) is 11.8 Å². The minimum Gasteiger partial charge on any atom is -0.497 e. The maximum atomic E-state index is 12.5. The number of methoxy groups -OCH3 is 2. The molecule has 0 spiro atoms. The van der Waals surface area contributed by atoms with Crippen LogP contribution in [0.1, 0.15) is 11.4 Å². The average Bonchev–Trinajstić information content (AvgIpc) is 3.25. The number of hydrogen-bond donors (Lipinski definition) is 1. The van der Waals surface area contributed by atoms with Gasteiger partial charge in [0.05, 0.1) is 31.9 Å². The van der Waals surface area contributed by atoms with Gasteiger partial charge in [0.25, 0.3) is 0 Å². The SMILES string of the molecule is COc1ccc(-n2c(C)nnc2SCC(=O)Nc2ccc(Oc3ccc(C)cc3OC)nc2)cc1. The van der Waals surface area contributed by atoms with Gasteiger partial charge in [-0.15, -0.1) is 10.2 Å². The molecule has 0 aliphatic carbocycles. The van der Waals surface area contributed by atoms with E-state index in [1.165, 1.54) is 11.8 Å². The summed E-state index contributed by atoms with van der Waals surface area (Å²) in [6.45, 7) is 3.84. The second-order valence-electron chi connectivity index (χ2n) is 7.54.